The van der Waals surface area contributed by atoms with Gasteiger partial charge in [0.25, 0.3) is 0 Å². The molecule has 4 atom stereocenters. The average molecular weight is 477 g/mol. The zero-order valence-electron chi connectivity index (χ0n) is 19.5. The second-order valence-corrected chi connectivity index (χ2v) is 14.2. The van der Waals surface area contributed by atoms with Crippen LogP contribution in [0.25, 0.3) is 0 Å². The number of allylic oxidation sites excluding steroid dienone is 2. The molecule has 0 aromatic heterocycles. The van der Waals surface area contributed by atoms with Crippen molar-refractivity contribution in [2.75, 3.05) is 0 Å². The molecule has 1 fully saturated rings. The van der Waals surface area contributed by atoms with Gasteiger partial charge in [0.15, 0.2) is 0 Å². The van der Waals surface area contributed by atoms with Gasteiger partial charge in [-0.25, -0.2) is 0 Å². The molecule has 34 heavy (non-hydrogen) atoms. The number of benzene rings is 4. The lowest BCUT2D eigenvalue weighted by Gasteiger charge is -2.41. The lowest BCUT2D eigenvalue weighted by molar-refractivity contribution is 0.668. The molecular weight excluding hydrogens is 446 g/mol. The minimum Gasteiger partial charge on any atom is -0.0815 e. The van der Waals surface area contributed by atoms with Crippen LogP contribution < -0.4 is 21.2 Å². The summed E-state index contributed by atoms with van der Waals surface area (Å²) >= 11 is 0. The predicted octanol–water partition coefficient (Wildman–Crippen LogP) is 6.59. The lowest BCUT2D eigenvalue weighted by Crippen LogP contribution is -2.38. The van der Waals surface area contributed by atoms with E-state index in [9.17, 15) is 0 Å². The third-order valence-corrected chi connectivity index (χ3v) is 13.8. The molecule has 0 radical (unpaired) electrons. The first kappa shape index (κ1) is 22.0. The summed E-state index contributed by atoms with van der Waals surface area (Å²) in [5, 5.41) is 6.09. The lowest BCUT2D eigenvalue weighted by atomic mass is 9.99. The van der Waals surface area contributed by atoms with Crippen LogP contribution in [-0.2, 0) is 0 Å². The first-order chi connectivity index (χ1) is 16.8. The van der Waals surface area contributed by atoms with Gasteiger partial charge in [-0.1, -0.05) is 133 Å². The molecule has 6 rings (SSSR count). The Bertz CT molecular complexity index is 1170. The maximum atomic E-state index is 2.64. The highest BCUT2D eigenvalue weighted by Crippen LogP contribution is 2.65. The van der Waals surface area contributed by atoms with Crippen molar-refractivity contribution in [3.8, 4) is 0 Å². The van der Waals surface area contributed by atoms with Gasteiger partial charge < -0.3 is 0 Å². The van der Waals surface area contributed by atoms with E-state index in [4.69, 9.17) is 0 Å². The van der Waals surface area contributed by atoms with Crippen molar-refractivity contribution in [2.24, 2.45) is 11.8 Å². The Morgan fingerprint density at radius 3 is 1.24 bits per heavy atom. The SMILES string of the molecule is CC1=C[C@@H]2C[C@H]1[C@@H](P(c1ccccc1)c1ccccc1)[C@@H]2P(c1ccccc1)c1ccccc1. The van der Waals surface area contributed by atoms with Gasteiger partial charge in [0, 0.05) is 11.3 Å². The van der Waals surface area contributed by atoms with Crippen molar-refractivity contribution < 1.29 is 0 Å². The van der Waals surface area contributed by atoms with Crippen molar-refractivity contribution in [1.29, 1.82) is 0 Å². The second-order valence-electron chi connectivity index (χ2n) is 9.48. The molecule has 1 saturated carbocycles. The maximum absolute atomic E-state index is 2.64. The molecule has 168 valence electrons. The normalized spacial score (nSPS) is 23.4. The fourth-order valence-corrected chi connectivity index (χ4v) is 13.3. The molecule has 2 bridgehead atoms. The average Bonchev–Trinajstić information content (AvgIpc) is 3.45. The zero-order valence-corrected chi connectivity index (χ0v) is 21.3. The molecule has 2 aliphatic carbocycles. The van der Waals surface area contributed by atoms with Crippen molar-refractivity contribution in [3.63, 3.8) is 0 Å². The van der Waals surface area contributed by atoms with Gasteiger partial charge in [-0.05, 0) is 62.2 Å². The standard InChI is InChI=1S/C32H30P2/c1-24-22-25-23-30(24)32(34(28-18-10-4-11-19-28)29-20-12-5-13-21-29)31(25)33(26-14-6-2-7-15-26)27-16-8-3-9-17-27/h2-22,25,30-32H,23H2,1H3/t25-,30-,31-,32-/m1/s1. The van der Waals surface area contributed by atoms with E-state index in [1.807, 2.05) is 0 Å². The van der Waals surface area contributed by atoms with E-state index < -0.39 is 15.8 Å². The largest absolute Gasteiger partial charge is 0.0815 e. The van der Waals surface area contributed by atoms with E-state index >= 15 is 0 Å². The van der Waals surface area contributed by atoms with Crippen LogP contribution >= 0.6 is 15.8 Å². The van der Waals surface area contributed by atoms with Crippen LogP contribution in [-0.4, -0.2) is 11.3 Å². The highest BCUT2D eigenvalue weighted by Gasteiger charge is 2.53. The predicted molar refractivity (Wildman–Crippen MR) is 151 cm³/mol. The summed E-state index contributed by atoms with van der Waals surface area (Å²) in [6.07, 6.45) is 3.95. The van der Waals surface area contributed by atoms with Crippen molar-refractivity contribution in [2.45, 2.75) is 24.7 Å². The van der Waals surface area contributed by atoms with Gasteiger partial charge in [-0.3, -0.25) is 0 Å². The third kappa shape index (κ3) is 3.98. The van der Waals surface area contributed by atoms with E-state index in [0.29, 0.717) is 23.2 Å². The molecule has 2 aliphatic rings. The van der Waals surface area contributed by atoms with Gasteiger partial charge in [0.1, 0.15) is 0 Å². The summed E-state index contributed by atoms with van der Waals surface area (Å²) in [4.78, 5) is 0. The highest BCUT2D eigenvalue weighted by molar-refractivity contribution is 7.77. The Labute approximate surface area is 206 Å². The van der Waals surface area contributed by atoms with Gasteiger partial charge in [-0.2, -0.15) is 0 Å². The Morgan fingerprint density at radius 1 is 0.500 bits per heavy atom. The Morgan fingerprint density at radius 2 is 0.853 bits per heavy atom. The topological polar surface area (TPSA) is 0 Å². The van der Waals surface area contributed by atoms with Crippen LogP contribution in [0.3, 0.4) is 0 Å². The van der Waals surface area contributed by atoms with Crippen LogP contribution in [0, 0.1) is 11.8 Å². The molecule has 0 nitrogen and oxygen atoms in total. The van der Waals surface area contributed by atoms with Gasteiger partial charge in [0.05, 0.1) is 0 Å². The summed E-state index contributed by atoms with van der Waals surface area (Å²) in [5.41, 5.74) is 2.93. The molecule has 0 spiro atoms. The number of hydrogen-bond donors (Lipinski definition) is 0. The van der Waals surface area contributed by atoms with Crippen LogP contribution in [0.15, 0.2) is 133 Å². The van der Waals surface area contributed by atoms with Crippen molar-refractivity contribution >= 4 is 37.1 Å². The van der Waals surface area contributed by atoms with E-state index in [-0.39, 0.29) is 0 Å². The summed E-state index contributed by atoms with van der Waals surface area (Å²) in [7, 11) is -0.937. The molecule has 0 saturated heterocycles. The quantitative estimate of drug-likeness (QED) is 0.218. The molecule has 0 heterocycles. The van der Waals surface area contributed by atoms with E-state index in [1.54, 1.807) is 5.57 Å². The summed E-state index contributed by atoms with van der Waals surface area (Å²) < 4.78 is 0. The molecule has 0 amide bonds. The Balaban J connectivity index is 1.54. The number of hydrogen-bond acceptors (Lipinski definition) is 0. The first-order valence-electron chi connectivity index (χ1n) is 12.3. The van der Waals surface area contributed by atoms with Crippen LogP contribution in [0.5, 0.6) is 0 Å². The van der Waals surface area contributed by atoms with E-state index in [0.717, 1.165) is 0 Å². The van der Waals surface area contributed by atoms with Gasteiger partial charge in [0.2, 0.25) is 0 Å². The summed E-state index contributed by atoms with van der Waals surface area (Å²) in [6, 6.07) is 45.5. The minimum absolute atomic E-state index is 0.467. The summed E-state index contributed by atoms with van der Waals surface area (Å²) in [5.74, 6) is 1.35. The summed E-state index contributed by atoms with van der Waals surface area (Å²) in [6.45, 7) is 2.39. The fraction of sp³-hybridized carbons (Fsp3) is 0.188. The van der Waals surface area contributed by atoms with Crippen LogP contribution in [0.4, 0.5) is 0 Å². The minimum atomic E-state index is -0.470. The van der Waals surface area contributed by atoms with Gasteiger partial charge >= 0.3 is 0 Å². The van der Waals surface area contributed by atoms with Gasteiger partial charge in [-0.15, -0.1) is 0 Å². The zero-order chi connectivity index (χ0) is 22.9. The smallest absolute Gasteiger partial charge is 0.00162 e. The van der Waals surface area contributed by atoms with E-state index in [2.05, 4.69) is 134 Å². The van der Waals surface area contributed by atoms with E-state index in [1.165, 1.54) is 27.6 Å². The monoisotopic (exact) mass is 476 g/mol. The van der Waals surface area contributed by atoms with Crippen LogP contribution in [0.1, 0.15) is 13.3 Å². The van der Waals surface area contributed by atoms with Crippen LogP contribution in [0.2, 0.25) is 0 Å². The molecule has 0 N–H and O–H groups in total. The first-order valence-corrected chi connectivity index (χ1v) is 15.1. The molecule has 0 unspecified atom stereocenters. The molecule has 4 aromatic rings. The fourth-order valence-electron chi connectivity index (χ4n) is 6.16. The number of rotatable bonds is 6. The Kier molecular flexibility index (Phi) is 6.22. The van der Waals surface area contributed by atoms with Crippen molar-refractivity contribution in [1.82, 2.24) is 0 Å². The number of fused-ring (bicyclic) bond motifs is 2. The molecular formula is C32H30P2. The van der Waals surface area contributed by atoms with Crippen molar-refractivity contribution in [3.05, 3.63) is 133 Å². The Hall–Kier alpha value is -2.52. The molecule has 0 aliphatic heterocycles. The molecule has 2 heteroatoms. The highest BCUT2D eigenvalue weighted by atomic mass is 31.1. The third-order valence-electron chi connectivity index (χ3n) is 7.52. The maximum Gasteiger partial charge on any atom is 0.00162 e. The molecule has 4 aromatic carbocycles. The second kappa shape index (κ2) is 9.62.